The smallest absolute Gasteiger partial charge is 0.431 e. The van der Waals surface area contributed by atoms with Gasteiger partial charge in [-0.15, -0.1) is 0 Å². The molecule has 2 unspecified atom stereocenters. The first-order valence-electron chi connectivity index (χ1n) is 2.31. The molecule has 3 nitrogen and oxygen atoms in total. The van der Waals surface area contributed by atoms with Crippen molar-refractivity contribution in [3.63, 3.8) is 0 Å². The van der Waals surface area contributed by atoms with Crippen molar-refractivity contribution in [2.75, 3.05) is 6.61 Å². The van der Waals surface area contributed by atoms with Crippen LogP contribution in [-0.4, -0.2) is 25.3 Å². The number of carbonyl (C=O) groups excluding carboxylic acids is 1. The highest BCUT2D eigenvalue weighted by Crippen LogP contribution is 2.12. The monoisotopic (exact) mass is 138 g/mol. The maximum atomic E-state index is 12.0. The van der Waals surface area contributed by atoms with E-state index < -0.39 is 25.3 Å². The van der Waals surface area contributed by atoms with Gasteiger partial charge in [-0.25, -0.2) is 9.18 Å². The standard InChI is InChI=1S/C4H4F2O3/c5-2-1-8-4(7)9-3(2)6/h2-3H,1H2. The largest absolute Gasteiger partial charge is 0.511 e. The number of alkyl halides is 2. The van der Waals surface area contributed by atoms with Crippen molar-refractivity contribution >= 4 is 6.16 Å². The maximum absolute atomic E-state index is 12.0. The number of hydrogen-bond donors (Lipinski definition) is 0. The molecule has 9 heavy (non-hydrogen) atoms. The molecule has 0 aromatic rings. The predicted octanol–water partition coefficient (Wildman–Crippen LogP) is 0.787. The van der Waals surface area contributed by atoms with Crippen molar-refractivity contribution in [3.8, 4) is 0 Å². The van der Waals surface area contributed by atoms with Crippen LogP contribution in [0.2, 0.25) is 0 Å². The summed E-state index contributed by atoms with van der Waals surface area (Å²) in [6, 6.07) is 0. The van der Waals surface area contributed by atoms with Crippen LogP contribution in [0.5, 0.6) is 0 Å². The zero-order valence-corrected chi connectivity index (χ0v) is 4.34. The van der Waals surface area contributed by atoms with E-state index in [0.717, 1.165) is 0 Å². The molecule has 0 radical (unpaired) electrons. The van der Waals surface area contributed by atoms with Gasteiger partial charge in [-0.2, -0.15) is 4.39 Å². The summed E-state index contributed by atoms with van der Waals surface area (Å²) >= 11 is 0. The fraction of sp³-hybridized carbons (Fsp3) is 0.750. The number of ether oxygens (including phenoxy) is 2. The SMILES string of the molecule is O=C1OCC(F)C(F)O1. The molecule has 0 N–H and O–H groups in total. The van der Waals surface area contributed by atoms with E-state index in [9.17, 15) is 13.6 Å². The van der Waals surface area contributed by atoms with E-state index in [1.165, 1.54) is 0 Å². The predicted molar refractivity (Wildman–Crippen MR) is 22.2 cm³/mol. The number of rotatable bonds is 0. The average molecular weight is 138 g/mol. The Labute approximate surface area is 49.5 Å². The van der Waals surface area contributed by atoms with Crippen LogP contribution in [0.1, 0.15) is 0 Å². The topological polar surface area (TPSA) is 35.5 Å². The number of hydrogen-bond acceptors (Lipinski definition) is 3. The Morgan fingerprint density at radius 1 is 1.56 bits per heavy atom. The van der Waals surface area contributed by atoms with E-state index >= 15 is 0 Å². The normalized spacial score (nSPS) is 35.1. The lowest BCUT2D eigenvalue weighted by molar-refractivity contribution is -0.122. The summed E-state index contributed by atoms with van der Waals surface area (Å²) in [7, 11) is 0. The molecule has 0 amide bonds. The summed E-state index contributed by atoms with van der Waals surface area (Å²) in [6.45, 7) is -0.556. The molecule has 5 heteroatoms. The molecule has 0 aromatic carbocycles. The van der Waals surface area contributed by atoms with Crippen LogP contribution < -0.4 is 0 Å². The summed E-state index contributed by atoms with van der Waals surface area (Å²) in [5.74, 6) is 0. The zero-order chi connectivity index (χ0) is 6.85. The fourth-order valence-corrected chi connectivity index (χ4v) is 0.423. The van der Waals surface area contributed by atoms with E-state index in [4.69, 9.17) is 0 Å². The van der Waals surface area contributed by atoms with Gasteiger partial charge in [-0.1, -0.05) is 0 Å². The van der Waals surface area contributed by atoms with Gasteiger partial charge in [-0.05, 0) is 0 Å². The Morgan fingerprint density at radius 2 is 2.22 bits per heavy atom. The van der Waals surface area contributed by atoms with Crippen LogP contribution in [-0.2, 0) is 9.47 Å². The molecule has 1 saturated heterocycles. The molecule has 0 aromatic heterocycles. The first-order chi connectivity index (χ1) is 4.20. The van der Waals surface area contributed by atoms with Crippen LogP contribution in [0.4, 0.5) is 13.6 Å². The molecular formula is C4H4F2O3. The molecule has 0 bridgehead atoms. The van der Waals surface area contributed by atoms with Crippen LogP contribution in [0, 0.1) is 0 Å². The van der Waals surface area contributed by atoms with E-state index in [1.807, 2.05) is 0 Å². The second-order valence-corrected chi connectivity index (χ2v) is 1.55. The summed E-state index contributed by atoms with van der Waals surface area (Å²) in [5.41, 5.74) is 0. The van der Waals surface area contributed by atoms with Gasteiger partial charge < -0.3 is 9.47 Å². The molecule has 2 atom stereocenters. The van der Waals surface area contributed by atoms with E-state index in [1.54, 1.807) is 0 Å². The lowest BCUT2D eigenvalue weighted by Gasteiger charge is -2.18. The highest BCUT2D eigenvalue weighted by atomic mass is 19.2. The van der Waals surface area contributed by atoms with Gasteiger partial charge in [0.1, 0.15) is 6.61 Å². The molecule has 1 aliphatic heterocycles. The van der Waals surface area contributed by atoms with Gasteiger partial charge in [0.15, 0.2) is 0 Å². The number of carbonyl (C=O) groups is 1. The Bertz CT molecular complexity index is 127. The van der Waals surface area contributed by atoms with E-state index in [-0.39, 0.29) is 0 Å². The van der Waals surface area contributed by atoms with Crippen molar-refractivity contribution in [1.29, 1.82) is 0 Å². The van der Waals surface area contributed by atoms with Gasteiger partial charge in [0.25, 0.3) is 6.36 Å². The van der Waals surface area contributed by atoms with Gasteiger partial charge in [0, 0.05) is 0 Å². The summed E-state index contributed by atoms with van der Waals surface area (Å²) < 4.78 is 31.6. The lowest BCUT2D eigenvalue weighted by atomic mass is 10.4. The molecule has 52 valence electrons. The fourth-order valence-electron chi connectivity index (χ4n) is 0.423. The second kappa shape index (κ2) is 2.16. The average Bonchev–Trinajstić information content (AvgIpc) is 1.80. The van der Waals surface area contributed by atoms with Crippen LogP contribution in [0.15, 0.2) is 0 Å². The molecule has 1 aliphatic rings. The Morgan fingerprint density at radius 3 is 2.67 bits per heavy atom. The molecule has 1 rings (SSSR count). The molecule has 0 spiro atoms. The minimum Gasteiger partial charge on any atom is -0.431 e. The van der Waals surface area contributed by atoms with Crippen molar-refractivity contribution < 1.29 is 23.0 Å². The molecular weight excluding hydrogens is 134 g/mol. The van der Waals surface area contributed by atoms with E-state index in [0.29, 0.717) is 0 Å². The molecule has 0 saturated carbocycles. The lowest BCUT2D eigenvalue weighted by Crippen LogP contribution is -2.35. The molecule has 1 fully saturated rings. The number of halogens is 2. The second-order valence-electron chi connectivity index (χ2n) is 1.55. The van der Waals surface area contributed by atoms with Crippen LogP contribution in [0.25, 0.3) is 0 Å². The van der Waals surface area contributed by atoms with Crippen LogP contribution >= 0.6 is 0 Å². The Balaban J connectivity index is 2.44. The van der Waals surface area contributed by atoms with Gasteiger partial charge >= 0.3 is 6.16 Å². The molecule has 1 heterocycles. The third-order valence-electron chi connectivity index (χ3n) is 0.854. The first-order valence-corrected chi connectivity index (χ1v) is 2.31. The van der Waals surface area contributed by atoms with Crippen molar-refractivity contribution in [3.05, 3.63) is 0 Å². The van der Waals surface area contributed by atoms with Crippen molar-refractivity contribution in [2.45, 2.75) is 12.5 Å². The molecule has 0 aliphatic carbocycles. The van der Waals surface area contributed by atoms with Gasteiger partial charge in [-0.3, -0.25) is 0 Å². The highest BCUT2D eigenvalue weighted by molar-refractivity contribution is 5.60. The van der Waals surface area contributed by atoms with Crippen LogP contribution in [0.3, 0.4) is 0 Å². The third kappa shape index (κ3) is 1.28. The third-order valence-corrected chi connectivity index (χ3v) is 0.854. The minimum absolute atomic E-state index is 0.556. The Kier molecular flexibility index (Phi) is 1.50. The highest BCUT2D eigenvalue weighted by Gasteiger charge is 2.31. The first kappa shape index (κ1) is 6.25. The minimum atomic E-state index is -2.16. The maximum Gasteiger partial charge on any atom is 0.511 e. The Hall–Kier alpha value is -0.870. The van der Waals surface area contributed by atoms with Crippen molar-refractivity contribution in [2.24, 2.45) is 0 Å². The van der Waals surface area contributed by atoms with E-state index in [2.05, 4.69) is 9.47 Å². The van der Waals surface area contributed by atoms with Crippen molar-refractivity contribution in [1.82, 2.24) is 0 Å². The number of cyclic esters (lactones) is 2. The van der Waals surface area contributed by atoms with Gasteiger partial charge in [0.05, 0.1) is 0 Å². The summed E-state index contributed by atoms with van der Waals surface area (Å²) in [4.78, 5) is 9.97. The quantitative estimate of drug-likeness (QED) is 0.464. The summed E-state index contributed by atoms with van der Waals surface area (Å²) in [6.07, 6.45) is -5.16. The van der Waals surface area contributed by atoms with Gasteiger partial charge in [0.2, 0.25) is 6.17 Å². The summed E-state index contributed by atoms with van der Waals surface area (Å²) in [5, 5.41) is 0. The zero-order valence-electron chi connectivity index (χ0n) is 4.34.